The molecular weight excluding hydrogens is 792 g/mol. The number of benzene rings is 3. The summed E-state index contributed by atoms with van der Waals surface area (Å²) in [5.74, 6) is -0.165. The van der Waals surface area contributed by atoms with Crippen LogP contribution in [0.3, 0.4) is 0 Å². The molecule has 3 aromatic carbocycles. The Morgan fingerprint density at radius 3 is 2.10 bits per heavy atom. The number of hydrogen-bond acceptors (Lipinski definition) is 15. The average Bonchev–Trinajstić information content (AvgIpc) is 3.91. The van der Waals surface area contributed by atoms with Crippen LogP contribution in [0.4, 0.5) is 11.8 Å². The lowest BCUT2D eigenvalue weighted by atomic mass is 9.84. The van der Waals surface area contributed by atoms with E-state index >= 15 is 0 Å². The number of nitrogen functional groups attached to an aromatic ring is 2. The van der Waals surface area contributed by atoms with Crippen molar-refractivity contribution in [1.82, 2.24) is 29.1 Å². The number of rotatable bonds is 13. The van der Waals surface area contributed by atoms with Gasteiger partial charge < -0.3 is 36.0 Å². The smallest absolute Gasteiger partial charge is 0.394 e. The molecule has 0 aliphatic carbocycles. The zero-order valence-electron chi connectivity index (χ0n) is 30.5. The molecule has 18 nitrogen and oxygen atoms in total. The molecule has 2 aliphatic heterocycles. The Bertz CT molecular complexity index is 2450. The Kier molecular flexibility index (Phi) is 11.1. The zero-order chi connectivity index (χ0) is 40.6. The first-order valence-electron chi connectivity index (χ1n) is 18.1. The zero-order valence-corrected chi connectivity index (χ0v) is 32.2. The minimum absolute atomic E-state index is 0.00117. The highest BCUT2D eigenvalue weighted by Crippen LogP contribution is 2.57. The molecule has 0 bridgehead atoms. The molecule has 8 rings (SSSR count). The van der Waals surface area contributed by atoms with E-state index in [1.807, 2.05) is 91.0 Å². The third kappa shape index (κ3) is 7.59. The van der Waals surface area contributed by atoms with E-state index in [2.05, 4.69) is 19.9 Å². The molecule has 2 fully saturated rings. The van der Waals surface area contributed by atoms with E-state index in [0.29, 0.717) is 0 Å². The van der Waals surface area contributed by atoms with Crippen LogP contribution in [0.15, 0.2) is 119 Å². The van der Waals surface area contributed by atoms with Crippen LogP contribution in [0.5, 0.6) is 0 Å². The fourth-order valence-corrected chi connectivity index (χ4v) is 10.4. The quantitative estimate of drug-likeness (QED) is 0.0722. The van der Waals surface area contributed by atoms with Gasteiger partial charge in [0, 0.05) is 12.6 Å². The summed E-state index contributed by atoms with van der Waals surface area (Å²) in [4.78, 5) is 51.6. The number of aromatic amines is 1. The van der Waals surface area contributed by atoms with Crippen LogP contribution in [0.1, 0.15) is 35.6 Å². The highest BCUT2D eigenvalue weighted by Gasteiger charge is 2.54. The number of phosphoric acid groups is 1. The van der Waals surface area contributed by atoms with Crippen molar-refractivity contribution < 1.29 is 38.2 Å². The Morgan fingerprint density at radius 2 is 1.52 bits per heavy atom. The third-order valence-corrected chi connectivity index (χ3v) is 12.9. The second kappa shape index (κ2) is 16.2. The molecule has 0 amide bonds. The molecule has 2 aliphatic rings. The van der Waals surface area contributed by atoms with E-state index in [4.69, 9.17) is 30.0 Å². The number of phosphoric ester groups is 1. The van der Waals surface area contributed by atoms with E-state index in [1.54, 1.807) is 0 Å². The van der Waals surface area contributed by atoms with Crippen LogP contribution in [0.25, 0.3) is 11.2 Å². The van der Waals surface area contributed by atoms with Crippen LogP contribution < -0.4 is 22.7 Å². The van der Waals surface area contributed by atoms with E-state index in [0.717, 1.165) is 16.7 Å². The van der Waals surface area contributed by atoms with Crippen molar-refractivity contribution in [3.8, 4) is 0 Å². The Labute approximate surface area is 334 Å². The number of nitrogens with zero attached hydrogens (tertiary/aromatic N) is 5. The number of imidazole rings is 1. The molecule has 8 atom stereocenters. The topological polar surface area (TPSA) is 265 Å². The number of ether oxygens (including phenoxy) is 2. The van der Waals surface area contributed by atoms with Crippen molar-refractivity contribution in [2.45, 2.75) is 53.3 Å². The largest absolute Gasteiger partial charge is 0.472 e. The van der Waals surface area contributed by atoms with Crippen molar-refractivity contribution >= 4 is 42.5 Å². The number of aliphatic hydroxyl groups excluding tert-OH is 2. The normalized spacial score (nSPS) is 24.6. The number of H-pyrrole nitrogens is 1. The fraction of sp³-hybridized carbons (Fsp3) is 0.289. The lowest BCUT2D eigenvalue weighted by Crippen LogP contribution is -2.40. The molecule has 58 heavy (non-hydrogen) atoms. The SMILES string of the molecule is Nc1ccn([C@@H]2O[C@H](CO)[C@@H](OP(=O)(O)OC[C@H]3O[C@@H](n4cnc5c(=O)[nH]c(N)nc54)C[C@@H]3O)[C@H]2SC(c2ccccc2)(c2ccccc2)c2ccccc2)c(=O)n1. The number of thioether (sulfide) groups is 1. The van der Waals surface area contributed by atoms with Crippen molar-refractivity contribution in [2.24, 2.45) is 0 Å². The number of aliphatic hydroxyl groups is 2. The predicted molar refractivity (Wildman–Crippen MR) is 212 cm³/mol. The lowest BCUT2D eigenvalue weighted by Gasteiger charge is -2.39. The third-order valence-electron chi connectivity index (χ3n) is 10.1. The maximum atomic E-state index is 14.0. The van der Waals surface area contributed by atoms with Gasteiger partial charge in [0.25, 0.3) is 5.56 Å². The number of hydrogen-bond donors (Lipinski definition) is 6. The summed E-state index contributed by atoms with van der Waals surface area (Å²) in [6, 6.07) is 30.3. The predicted octanol–water partition coefficient (Wildman–Crippen LogP) is 2.68. The number of nitrogens with one attached hydrogen (secondary N) is 1. The molecule has 20 heteroatoms. The fourth-order valence-electron chi connectivity index (χ4n) is 7.42. The molecular formula is C38H39N8O10PS. The number of fused-ring (bicyclic) bond motifs is 1. The highest BCUT2D eigenvalue weighted by atomic mass is 32.2. The summed E-state index contributed by atoms with van der Waals surface area (Å²) in [6.07, 6.45) is -4.29. The number of anilines is 2. The summed E-state index contributed by atoms with van der Waals surface area (Å²) < 4.78 is 39.3. The molecule has 1 unspecified atom stereocenters. The van der Waals surface area contributed by atoms with Crippen LogP contribution in [0, 0.1) is 0 Å². The molecule has 0 radical (unpaired) electrons. The second-order valence-corrected chi connectivity index (χ2v) is 16.5. The summed E-state index contributed by atoms with van der Waals surface area (Å²) in [7, 11) is -5.07. The Balaban J connectivity index is 1.13. The first kappa shape index (κ1) is 39.6. The highest BCUT2D eigenvalue weighted by molar-refractivity contribution is 8.01. The summed E-state index contributed by atoms with van der Waals surface area (Å²) in [5.41, 5.74) is 12.9. The van der Waals surface area contributed by atoms with Crippen LogP contribution >= 0.6 is 19.6 Å². The van der Waals surface area contributed by atoms with Gasteiger partial charge in [0.1, 0.15) is 30.4 Å². The number of nitrogens with two attached hydrogens (primary N) is 2. The van der Waals surface area contributed by atoms with E-state index in [-0.39, 0.29) is 29.4 Å². The van der Waals surface area contributed by atoms with E-state index in [1.165, 1.54) is 39.5 Å². The van der Waals surface area contributed by atoms with E-state index in [9.17, 15) is 29.3 Å². The summed E-state index contributed by atoms with van der Waals surface area (Å²) in [5, 5.41) is 20.6. The van der Waals surface area contributed by atoms with Gasteiger partial charge in [-0.15, -0.1) is 11.8 Å². The van der Waals surface area contributed by atoms with Crippen LogP contribution in [0.2, 0.25) is 0 Å². The van der Waals surface area contributed by atoms with Crippen LogP contribution in [-0.2, 0) is 27.8 Å². The lowest BCUT2D eigenvalue weighted by molar-refractivity contribution is -0.0564. The maximum Gasteiger partial charge on any atom is 0.472 e. The van der Waals surface area contributed by atoms with Gasteiger partial charge >= 0.3 is 13.5 Å². The molecule has 6 aromatic rings. The molecule has 0 saturated carbocycles. The molecule has 0 spiro atoms. The van der Waals surface area contributed by atoms with Gasteiger partial charge in [-0.05, 0) is 22.8 Å². The minimum Gasteiger partial charge on any atom is -0.394 e. The first-order chi connectivity index (χ1) is 28.0. The van der Waals surface area contributed by atoms with E-state index < -0.39 is 79.2 Å². The van der Waals surface area contributed by atoms with Crippen molar-refractivity contribution in [1.29, 1.82) is 0 Å². The van der Waals surface area contributed by atoms with Gasteiger partial charge in [0.05, 0.1) is 35.6 Å². The van der Waals surface area contributed by atoms with Gasteiger partial charge in [0.15, 0.2) is 17.4 Å². The van der Waals surface area contributed by atoms with Crippen molar-refractivity contribution in [2.75, 3.05) is 24.7 Å². The summed E-state index contributed by atoms with van der Waals surface area (Å²) in [6.45, 7) is -1.27. The van der Waals surface area contributed by atoms with Crippen LogP contribution in [-0.4, -0.2) is 87.1 Å². The second-order valence-electron chi connectivity index (χ2n) is 13.7. The van der Waals surface area contributed by atoms with Gasteiger partial charge in [-0.3, -0.25) is 28.0 Å². The summed E-state index contributed by atoms with van der Waals surface area (Å²) >= 11 is 1.31. The van der Waals surface area contributed by atoms with Gasteiger partial charge in [-0.2, -0.15) is 9.97 Å². The van der Waals surface area contributed by atoms with Crippen molar-refractivity contribution in [3.63, 3.8) is 0 Å². The van der Waals surface area contributed by atoms with Gasteiger partial charge in [-0.1, -0.05) is 91.0 Å². The maximum absolute atomic E-state index is 14.0. The molecule has 3 aromatic heterocycles. The molecule has 8 N–H and O–H groups in total. The van der Waals surface area contributed by atoms with Crippen molar-refractivity contribution in [3.05, 3.63) is 147 Å². The Morgan fingerprint density at radius 1 is 0.897 bits per heavy atom. The molecule has 2 saturated heterocycles. The minimum atomic E-state index is -5.07. The molecule has 5 heterocycles. The average molecular weight is 831 g/mol. The standard InChI is InChI=1S/C38H39N8O10PS/c39-28-16-17-45(37(50)42-28)35-32(58-38(22-10-4-1-5-11-22,23-12-6-2-7-13-23)24-14-8-3-9-15-24)31(26(19-47)55-35)56-57(51,52)53-20-27-25(48)18-29(54-27)46-21-41-30-33(46)43-36(40)44-34(30)49/h1-17,21,25-27,29,31-32,35,47-48H,18-20H2,(H,51,52)(H2,39,42,50)(H3,40,43,44,49)/t25-,26+,27+,29+,31+,32+,35+/m0/s1. The monoisotopic (exact) mass is 830 g/mol. The number of aromatic nitrogens is 6. The van der Waals surface area contributed by atoms with Gasteiger partial charge in [-0.25, -0.2) is 14.3 Å². The van der Waals surface area contributed by atoms with Gasteiger partial charge in [0.2, 0.25) is 5.95 Å². The first-order valence-corrected chi connectivity index (χ1v) is 20.5. The Hall–Kier alpha value is -5.21. The molecule has 302 valence electrons.